The Hall–Kier alpha value is -2.01. The van der Waals surface area contributed by atoms with Crippen LogP contribution in [-0.2, 0) is 11.2 Å². The summed E-state index contributed by atoms with van der Waals surface area (Å²) in [7, 11) is 0. The van der Waals surface area contributed by atoms with Gasteiger partial charge in [0.15, 0.2) is 0 Å². The highest BCUT2D eigenvalue weighted by molar-refractivity contribution is 5.79. The molecular weight excluding hydrogens is 257 g/mol. The summed E-state index contributed by atoms with van der Waals surface area (Å²) in [5.74, 6) is -0.370. The number of aryl methyl sites for hydroxylation is 1. The van der Waals surface area contributed by atoms with Crippen molar-refractivity contribution in [3.63, 3.8) is 0 Å². The molecule has 2 aromatic rings. The molecule has 0 atom stereocenters. The predicted octanol–water partition coefficient (Wildman–Crippen LogP) is 1.77. The number of carbonyl (C=O) groups is 1. The molecule has 1 amide bonds. The third kappa shape index (κ3) is 3.74. The van der Waals surface area contributed by atoms with E-state index in [9.17, 15) is 9.18 Å². The van der Waals surface area contributed by atoms with Gasteiger partial charge in [0, 0.05) is 24.0 Å². The molecule has 0 bridgehead atoms. The fourth-order valence-corrected chi connectivity index (χ4v) is 1.95. The zero-order valence-corrected chi connectivity index (χ0v) is 11.2. The second-order valence-corrected chi connectivity index (χ2v) is 4.61. The highest BCUT2D eigenvalue weighted by Crippen LogP contribution is 2.16. The van der Waals surface area contributed by atoms with E-state index < -0.39 is 0 Å². The minimum Gasteiger partial charge on any atom is -0.356 e. The molecule has 106 valence electrons. The second kappa shape index (κ2) is 6.96. The maximum Gasteiger partial charge on any atom is 0.220 e. The average molecular weight is 275 g/mol. The number of para-hydroxylation sites is 1. The number of nitrogens with zero attached hydrogens (tertiary/aromatic N) is 1. The number of pyridine rings is 1. The van der Waals surface area contributed by atoms with Gasteiger partial charge in [0.05, 0.1) is 0 Å². The van der Waals surface area contributed by atoms with Crippen molar-refractivity contribution < 1.29 is 9.18 Å². The smallest absolute Gasteiger partial charge is 0.220 e. The third-order valence-electron chi connectivity index (χ3n) is 3.04. The number of benzene rings is 1. The first-order valence-electron chi connectivity index (χ1n) is 6.71. The summed E-state index contributed by atoms with van der Waals surface area (Å²) in [5, 5.41) is 3.55. The highest BCUT2D eigenvalue weighted by Gasteiger charge is 2.06. The molecule has 4 nitrogen and oxygen atoms in total. The van der Waals surface area contributed by atoms with Crippen LogP contribution < -0.4 is 11.1 Å². The number of nitrogens with one attached hydrogen (secondary N) is 1. The Bertz CT molecular complexity index is 601. The summed E-state index contributed by atoms with van der Waals surface area (Å²) >= 11 is 0. The second-order valence-electron chi connectivity index (χ2n) is 4.61. The van der Waals surface area contributed by atoms with Gasteiger partial charge < -0.3 is 11.1 Å². The molecule has 0 aliphatic carbocycles. The molecule has 2 rings (SSSR count). The van der Waals surface area contributed by atoms with Gasteiger partial charge in [-0.3, -0.25) is 4.79 Å². The van der Waals surface area contributed by atoms with E-state index in [1.807, 2.05) is 18.2 Å². The molecule has 0 unspecified atom stereocenters. The molecule has 0 fully saturated rings. The zero-order valence-electron chi connectivity index (χ0n) is 11.2. The predicted molar refractivity (Wildman–Crippen MR) is 76.7 cm³/mol. The first-order chi connectivity index (χ1) is 9.70. The molecule has 0 aliphatic rings. The minimum absolute atomic E-state index is 0.0334. The summed E-state index contributed by atoms with van der Waals surface area (Å²) in [5.41, 5.74) is 6.42. The maximum atomic E-state index is 13.6. The lowest BCUT2D eigenvalue weighted by atomic mass is 10.1. The minimum atomic E-state index is -0.336. The van der Waals surface area contributed by atoms with Gasteiger partial charge in [-0.1, -0.05) is 18.2 Å². The van der Waals surface area contributed by atoms with Gasteiger partial charge in [0.2, 0.25) is 5.91 Å². The molecule has 0 radical (unpaired) electrons. The fourth-order valence-electron chi connectivity index (χ4n) is 1.95. The number of nitrogens with two attached hydrogens (primary N) is 1. The number of hydrogen-bond donors (Lipinski definition) is 2. The van der Waals surface area contributed by atoms with Gasteiger partial charge in [-0.15, -0.1) is 0 Å². The summed E-state index contributed by atoms with van der Waals surface area (Å²) in [6, 6.07) is 8.51. The van der Waals surface area contributed by atoms with Gasteiger partial charge in [0.25, 0.3) is 0 Å². The van der Waals surface area contributed by atoms with Gasteiger partial charge in [-0.2, -0.15) is 0 Å². The van der Waals surface area contributed by atoms with Crippen molar-refractivity contribution in [1.29, 1.82) is 0 Å². The number of halogens is 1. The number of hydrogen-bond acceptors (Lipinski definition) is 3. The number of amides is 1. The van der Waals surface area contributed by atoms with Crippen LogP contribution >= 0.6 is 0 Å². The van der Waals surface area contributed by atoms with E-state index in [0.29, 0.717) is 31.4 Å². The molecule has 0 saturated carbocycles. The Morgan fingerprint density at radius 1 is 1.30 bits per heavy atom. The molecule has 5 heteroatoms. The van der Waals surface area contributed by atoms with Crippen LogP contribution in [0.2, 0.25) is 0 Å². The van der Waals surface area contributed by atoms with Crippen LogP contribution in [0.5, 0.6) is 0 Å². The maximum absolute atomic E-state index is 13.6. The van der Waals surface area contributed by atoms with Gasteiger partial charge in [0.1, 0.15) is 11.3 Å². The summed E-state index contributed by atoms with van der Waals surface area (Å²) in [4.78, 5) is 15.8. The Balaban J connectivity index is 1.96. The van der Waals surface area contributed by atoms with E-state index in [-0.39, 0.29) is 11.7 Å². The molecule has 0 saturated heterocycles. The largest absolute Gasteiger partial charge is 0.356 e. The van der Waals surface area contributed by atoms with Crippen LogP contribution in [0.25, 0.3) is 10.9 Å². The number of carbonyl (C=O) groups excluding carboxylic acids is 1. The Morgan fingerprint density at radius 2 is 2.15 bits per heavy atom. The van der Waals surface area contributed by atoms with Crippen molar-refractivity contribution >= 4 is 16.8 Å². The van der Waals surface area contributed by atoms with E-state index in [2.05, 4.69) is 10.3 Å². The molecule has 1 aromatic carbocycles. The van der Waals surface area contributed by atoms with Crippen molar-refractivity contribution in [3.05, 3.63) is 41.8 Å². The van der Waals surface area contributed by atoms with E-state index in [4.69, 9.17) is 5.73 Å². The van der Waals surface area contributed by atoms with Crippen molar-refractivity contribution in [3.8, 4) is 0 Å². The number of fused-ring (bicyclic) bond motifs is 1. The molecule has 0 aliphatic heterocycles. The Labute approximate surface area is 117 Å². The van der Waals surface area contributed by atoms with E-state index in [0.717, 1.165) is 17.5 Å². The normalized spacial score (nSPS) is 10.7. The number of aromatic nitrogens is 1. The third-order valence-corrected chi connectivity index (χ3v) is 3.04. The monoisotopic (exact) mass is 275 g/mol. The molecule has 0 spiro atoms. The van der Waals surface area contributed by atoms with Crippen LogP contribution in [0.3, 0.4) is 0 Å². The van der Waals surface area contributed by atoms with Crippen molar-refractivity contribution in [1.82, 2.24) is 10.3 Å². The van der Waals surface area contributed by atoms with Gasteiger partial charge in [-0.05, 0) is 31.5 Å². The van der Waals surface area contributed by atoms with Gasteiger partial charge >= 0.3 is 0 Å². The van der Waals surface area contributed by atoms with Crippen molar-refractivity contribution in [2.75, 3.05) is 13.1 Å². The quantitative estimate of drug-likeness (QED) is 0.789. The van der Waals surface area contributed by atoms with Crippen LogP contribution in [0, 0.1) is 5.82 Å². The standard InChI is InChI=1S/C15H18FN3O/c16-13-4-1-3-11-5-6-12(19-15(11)13)7-8-14(20)18-10-2-9-17/h1,3-6H,2,7-10,17H2,(H,18,20). The van der Waals surface area contributed by atoms with Crippen LogP contribution in [0.15, 0.2) is 30.3 Å². The molecule has 1 aromatic heterocycles. The molecule has 1 heterocycles. The highest BCUT2D eigenvalue weighted by atomic mass is 19.1. The van der Waals surface area contributed by atoms with Crippen LogP contribution in [0.1, 0.15) is 18.5 Å². The summed E-state index contributed by atoms with van der Waals surface area (Å²) in [6.45, 7) is 1.15. The van der Waals surface area contributed by atoms with Crippen molar-refractivity contribution in [2.45, 2.75) is 19.3 Å². The molecular formula is C15H18FN3O. The lowest BCUT2D eigenvalue weighted by Gasteiger charge is -2.05. The average Bonchev–Trinajstić information content (AvgIpc) is 2.46. The Kier molecular flexibility index (Phi) is 5.01. The van der Waals surface area contributed by atoms with E-state index in [1.165, 1.54) is 6.07 Å². The molecule has 3 N–H and O–H groups in total. The van der Waals surface area contributed by atoms with Gasteiger partial charge in [-0.25, -0.2) is 9.37 Å². The van der Waals surface area contributed by atoms with Crippen molar-refractivity contribution in [2.24, 2.45) is 5.73 Å². The fraction of sp³-hybridized carbons (Fsp3) is 0.333. The first-order valence-corrected chi connectivity index (χ1v) is 6.71. The lowest BCUT2D eigenvalue weighted by Crippen LogP contribution is -2.26. The summed E-state index contributed by atoms with van der Waals surface area (Å²) < 4.78 is 13.6. The Morgan fingerprint density at radius 3 is 2.95 bits per heavy atom. The zero-order chi connectivity index (χ0) is 14.4. The summed E-state index contributed by atoms with van der Waals surface area (Å²) in [6.07, 6.45) is 1.61. The lowest BCUT2D eigenvalue weighted by molar-refractivity contribution is -0.121. The topological polar surface area (TPSA) is 68.0 Å². The first kappa shape index (κ1) is 14.4. The van der Waals surface area contributed by atoms with E-state index >= 15 is 0 Å². The van der Waals surface area contributed by atoms with E-state index in [1.54, 1.807) is 6.07 Å². The van der Waals surface area contributed by atoms with Crippen LogP contribution in [-0.4, -0.2) is 24.0 Å². The number of rotatable bonds is 6. The van der Waals surface area contributed by atoms with Crippen LogP contribution in [0.4, 0.5) is 4.39 Å². The SMILES string of the molecule is NCCCNC(=O)CCc1ccc2cccc(F)c2n1. The molecule has 20 heavy (non-hydrogen) atoms.